The van der Waals surface area contributed by atoms with Crippen molar-refractivity contribution in [2.45, 2.75) is 30.8 Å². The van der Waals surface area contributed by atoms with Crippen LogP contribution in [0.1, 0.15) is 13.8 Å². The minimum Gasteiger partial charge on any atom is -0.325 e. The Hall–Kier alpha value is -2.67. The number of aromatic nitrogens is 2. The van der Waals surface area contributed by atoms with Crippen molar-refractivity contribution in [3.8, 4) is 0 Å². The maximum atomic E-state index is 13.3. The van der Waals surface area contributed by atoms with Gasteiger partial charge in [0.25, 0.3) is 5.56 Å². The summed E-state index contributed by atoms with van der Waals surface area (Å²) in [4.78, 5) is 29.6. The molecule has 0 aliphatic heterocycles. The van der Waals surface area contributed by atoms with E-state index in [0.29, 0.717) is 28.3 Å². The van der Waals surface area contributed by atoms with Gasteiger partial charge in [-0.25, -0.2) is 9.37 Å². The van der Waals surface area contributed by atoms with Gasteiger partial charge in [0.1, 0.15) is 5.82 Å². The molecule has 0 fully saturated rings. The summed E-state index contributed by atoms with van der Waals surface area (Å²) >= 11 is 1.20. The fraction of sp³-hybridized carbons (Fsp3) is 0.211. The van der Waals surface area contributed by atoms with E-state index in [1.54, 1.807) is 35.8 Å². The number of halogens is 1. The van der Waals surface area contributed by atoms with Crippen molar-refractivity contribution in [2.75, 3.05) is 5.32 Å². The van der Waals surface area contributed by atoms with Gasteiger partial charge in [-0.05, 0) is 44.2 Å². The second-order valence-corrected chi connectivity index (χ2v) is 7.03. The molecule has 2 aromatic carbocycles. The summed E-state index contributed by atoms with van der Waals surface area (Å²) in [6.45, 7) is 4.04. The van der Waals surface area contributed by atoms with Crippen LogP contribution >= 0.6 is 11.8 Å². The molecule has 5 nitrogen and oxygen atoms in total. The number of hydrogen-bond acceptors (Lipinski definition) is 4. The number of rotatable bonds is 5. The highest BCUT2D eigenvalue weighted by atomic mass is 32.2. The summed E-state index contributed by atoms with van der Waals surface area (Å²) in [6, 6.07) is 12.9. The first-order valence-electron chi connectivity index (χ1n) is 8.22. The predicted octanol–water partition coefficient (Wildman–Crippen LogP) is 3.67. The van der Waals surface area contributed by atoms with Crippen molar-refractivity contribution in [2.24, 2.45) is 0 Å². The molecule has 0 saturated heterocycles. The van der Waals surface area contributed by atoms with E-state index in [1.165, 1.54) is 30.0 Å². The van der Waals surface area contributed by atoms with E-state index in [4.69, 9.17) is 0 Å². The number of thioether (sulfide) groups is 1. The highest BCUT2D eigenvalue weighted by Gasteiger charge is 2.19. The molecule has 1 amide bonds. The van der Waals surface area contributed by atoms with Crippen LogP contribution in [-0.2, 0) is 11.3 Å². The molecule has 1 aromatic heterocycles. The first-order chi connectivity index (χ1) is 12.5. The second-order valence-electron chi connectivity index (χ2n) is 5.72. The number of nitrogens with zero attached hydrogens (tertiary/aromatic N) is 2. The number of para-hydroxylation sites is 1. The number of fused-ring (bicyclic) bond motifs is 1. The molecule has 0 unspecified atom stereocenters. The summed E-state index contributed by atoms with van der Waals surface area (Å²) in [5.74, 6) is -0.704. The van der Waals surface area contributed by atoms with Gasteiger partial charge in [0.05, 0.1) is 16.2 Å². The molecule has 0 spiro atoms. The van der Waals surface area contributed by atoms with E-state index in [2.05, 4.69) is 10.3 Å². The lowest BCUT2D eigenvalue weighted by Crippen LogP contribution is -2.26. The molecule has 0 aliphatic rings. The Morgan fingerprint density at radius 1 is 1.27 bits per heavy atom. The SMILES string of the molecule is CCn1c(S[C@H](C)C(=O)Nc2cccc(F)c2)nc2ccccc2c1=O. The van der Waals surface area contributed by atoms with Crippen molar-refractivity contribution in [1.82, 2.24) is 9.55 Å². The molecule has 134 valence electrons. The van der Waals surface area contributed by atoms with Crippen LogP contribution in [0, 0.1) is 5.82 Å². The Morgan fingerprint density at radius 3 is 2.77 bits per heavy atom. The minimum absolute atomic E-state index is 0.127. The van der Waals surface area contributed by atoms with Gasteiger partial charge in [0.2, 0.25) is 5.91 Å². The van der Waals surface area contributed by atoms with E-state index in [1.807, 2.05) is 13.0 Å². The number of nitrogens with one attached hydrogen (secondary N) is 1. The zero-order valence-electron chi connectivity index (χ0n) is 14.4. The number of amides is 1. The fourth-order valence-electron chi connectivity index (χ4n) is 2.54. The van der Waals surface area contributed by atoms with Crippen LogP contribution < -0.4 is 10.9 Å². The van der Waals surface area contributed by atoms with E-state index >= 15 is 0 Å². The minimum atomic E-state index is -0.510. The monoisotopic (exact) mass is 371 g/mol. The van der Waals surface area contributed by atoms with Crippen LogP contribution in [0.15, 0.2) is 58.5 Å². The van der Waals surface area contributed by atoms with E-state index in [-0.39, 0.29) is 11.5 Å². The van der Waals surface area contributed by atoms with Gasteiger partial charge in [-0.2, -0.15) is 0 Å². The lowest BCUT2D eigenvalue weighted by molar-refractivity contribution is -0.115. The Kier molecular flexibility index (Phi) is 5.37. The lowest BCUT2D eigenvalue weighted by atomic mass is 10.2. The van der Waals surface area contributed by atoms with Gasteiger partial charge >= 0.3 is 0 Å². The van der Waals surface area contributed by atoms with Gasteiger partial charge < -0.3 is 5.32 Å². The van der Waals surface area contributed by atoms with Gasteiger partial charge in [-0.15, -0.1) is 0 Å². The van der Waals surface area contributed by atoms with Gasteiger partial charge in [-0.1, -0.05) is 30.0 Å². The van der Waals surface area contributed by atoms with Gasteiger partial charge in [0.15, 0.2) is 5.16 Å². The molecule has 3 aromatic rings. The molecule has 7 heteroatoms. The molecular weight excluding hydrogens is 353 g/mol. The van der Waals surface area contributed by atoms with Gasteiger partial charge in [0, 0.05) is 12.2 Å². The van der Waals surface area contributed by atoms with E-state index in [9.17, 15) is 14.0 Å². The molecule has 3 rings (SSSR count). The third-order valence-electron chi connectivity index (χ3n) is 3.89. The zero-order chi connectivity index (χ0) is 18.7. The first kappa shape index (κ1) is 18.1. The molecule has 1 atom stereocenters. The number of carbonyl (C=O) groups excluding carboxylic acids is 1. The Morgan fingerprint density at radius 2 is 2.04 bits per heavy atom. The summed E-state index contributed by atoms with van der Waals surface area (Å²) in [7, 11) is 0. The largest absolute Gasteiger partial charge is 0.325 e. The maximum Gasteiger partial charge on any atom is 0.262 e. The van der Waals surface area contributed by atoms with Crippen LogP contribution in [-0.4, -0.2) is 20.7 Å². The molecule has 0 aliphatic carbocycles. The summed E-state index contributed by atoms with van der Waals surface area (Å²) in [6.07, 6.45) is 0. The third-order valence-corrected chi connectivity index (χ3v) is 4.98. The Balaban J connectivity index is 1.85. The Labute approximate surface area is 154 Å². The topological polar surface area (TPSA) is 64.0 Å². The van der Waals surface area contributed by atoms with Crippen LogP contribution in [0.5, 0.6) is 0 Å². The summed E-state index contributed by atoms with van der Waals surface area (Å²) < 4.78 is 14.8. The average Bonchev–Trinajstić information content (AvgIpc) is 2.62. The molecule has 26 heavy (non-hydrogen) atoms. The first-order valence-corrected chi connectivity index (χ1v) is 9.10. The fourth-order valence-corrected chi connectivity index (χ4v) is 3.51. The maximum absolute atomic E-state index is 13.3. The number of benzene rings is 2. The third kappa shape index (κ3) is 3.77. The molecule has 0 saturated carbocycles. The number of anilines is 1. The highest BCUT2D eigenvalue weighted by Crippen LogP contribution is 2.23. The van der Waals surface area contributed by atoms with Crippen molar-refractivity contribution in [3.05, 3.63) is 64.7 Å². The quantitative estimate of drug-likeness (QED) is 0.549. The van der Waals surface area contributed by atoms with Crippen LogP contribution in [0.25, 0.3) is 10.9 Å². The predicted molar refractivity (Wildman–Crippen MR) is 102 cm³/mol. The molecule has 0 bridgehead atoms. The highest BCUT2D eigenvalue weighted by molar-refractivity contribution is 8.00. The number of carbonyl (C=O) groups is 1. The molecule has 0 radical (unpaired) electrons. The van der Waals surface area contributed by atoms with Crippen LogP contribution in [0.2, 0.25) is 0 Å². The zero-order valence-corrected chi connectivity index (χ0v) is 15.2. The smallest absolute Gasteiger partial charge is 0.262 e. The van der Waals surface area contributed by atoms with E-state index in [0.717, 1.165) is 0 Å². The van der Waals surface area contributed by atoms with Crippen LogP contribution in [0.4, 0.5) is 10.1 Å². The molecule has 1 N–H and O–H groups in total. The molecular formula is C19H18FN3O2S. The van der Waals surface area contributed by atoms with E-state index < -0.39 is 11.1 Å². The average molecular weight is 371 g/mol. The summed E-state index contributed by atoms with van der Waals surface area (Å²) in [5, 5.41) is 3.20. The molecule has 1 heterocycles. The van der Waals surface area contributed by atoms with Crippen molar-refractivity contribution in [1.29, 1.82) is 0 Å². The number of hydrogen-bond donors (Lipinski definition) is 1. The normalized spacial score (nSPS) is 12.1. The Bertz CT molecular complexity index is 1020. The lowest BCUT2D eigenvalue weighted by Gasteiger charge is -2.15. The summed E-state index contributed by atoms with van der Waals surface area (Å²) in [5.41, 5.74) is 0.863. The standard InChI is InChI=1S/C19H18FN3O2S/c1-3-23-18(25)15-9-4-5-10-16(15)22-19(23)26-12(2)17(24)21-14-8-6-7-13(20)11-14/h4-12H,3H2,1-2H3,(H,21,24)/t12-/m1/s1. The van der Waals surface area contributed by atoms with Crippen molar-refractivity contribution in [3.63, 3.8) is 0 Å². The second kappa shape index (κ2) is 7.70. The van der Waals surface area contributed by atoms with Gasteiger partial charge in [-0.3, -0.25) is 14.2 Å². The van der Waals surface area contributed by atoms with Crippen molar-refractivity contribution >= 4 is 34.3 Å². The van der Waals surface area contributed by atoms with Crippen LogP contribution in [0.3, 0.4) is 0 Å². The van der Waals surface area contributed by atoms with Crippen molar-refractivity contribution < 1.29 is 9.18 Å².